The predicted octanol–water partition coefficient (Wildman–Crippen LogP) is 1.89. The van der Waals surface area contributed by atoms with Crippen LogP contribution in [0.3, 0.4) is 0 Å². The van der Waals surface area contributed by atoms with E-state index >= 15 is 0 Å². The summed E-state index contributed by atoms with van der Waals surface area (Å²) in [7, 11) is 1.15. The Kier molecular flexibility index (Phi) is 4.47. The Hall–Kier alpha value is -1.14. The number of carbonyl (C=O) groups excluding carboxylic acids is 1. The number of aliphatic hydroxyl groups is 1. The Morgan fingerprint density at radius 2 is 2.24 bits per heavy atom. The van der Waals surface area contributed by atoms with Gasteiger partial charge in [0.25, 0.3) is 0 Å². The molecular formula is C11H12BrFO4. The smallest absolute Gasteiger partial charge is 0.341 e. The number of methoxy groups -OCH3 is 1. The minimum absolute atomic E-state index is 0.0441. The minimum Gasteiger partial charge on any atom is -0.487 e. The van der Waals surface area contributed by atoms with Gasteiger partial charge in [-0.15, -0.1) is 0 Å². The van der Waals surface area contributed by atoms with Crippen LogP contribution < -0.4 is 4.74 Å². The Bertz CT molecular complexity index is 420. The summed E-state index contributed by atoms with van der Waals surface area (Å²) in [6.07, 6.45) is 0. The fourth-order valence-corrected chi connectivity index (χ4v) is 1.42. The fraction of sp³-hybridized carbons (Fsp3) is 0.364. The molecule has 94 valence electrons. The molecule has 0 saturated carbocycles. The Labute approximate surface area is 106 Å². The quantitative estimate of drug-likeness (QED) is 0.863. The van der Waals surface area contributed by atoms with E-state index in [1.54, 1.807) is 6.07 Å². The molecule has 0 radical (unpaired) electrons. The Balaban J connectivity index is 2.70. The SMILES string of the molecule is COC(=O)C(C)(O)COc1ccc(Br)cc1F. The molecule has 0 aliphatic rings. The van der Waals surface area contributed by atoms with Crippen molar-refractivity contribution < 1.29 is 23.8 Å². The first-order valence-electron chi connectivity index (χ1n) is 4.75. The number of hydrogen-bond acceptors (Lipinski definition) is 4. The van der Waals surface area contributed by atoms with Crippen molar-refractivity contribution >= 4 is 21.9 Å². The average Bonchev–Trinajstić information content (AvgIpc) is 2.26. The van der Waals surface area contributed by atoms with Crippen molar-refractivity contribution in [1.82, 2.24) is 0 Å². The van der Waals surface area contributed by atoms with Gasteiger partial charge in [0.05, 0.1) is 7.11 Å². The van der Waals surface area contributed by atoms with E-state index in [1.807, 2.05) is 0 Å². The van der Waals surface area contributed by atoms with Crippen LogP contribution in [0.15, 0.2) is 22.7 Å². The van der Waals surface area contributed by atoms with E-state index < -0.39 is 24.0 Å². The second-order valence-electron chi connectivity index (χ2n) is 3.63. The molecule has 0 aromatic heterocycles. The molecule has 0 aliphatic carbocycles. The maximum absolute atomic E-state index is 13.4. The number of rotatable bonds is 4. The lowest BCUT2D eigenvalue weighted by molar-refractivity contribution is -0.163. The molecule has 17 heavy (non-hydrogen) atoms. The number of halogens is 2. The van der Waals surface area contributed by atoms with Gasteiger partial charge in [-0.2, -0.15) is 0 Å². The molecule has 4 nitrogen and oxygen atoms in total. The summed E-state index contributed by atoms with van der Waals surface area (Å²) in [4.78, 5) is 11.1. The van der Waals surface area contributed by atoms with E-state index in [1.165, 1.54) is 19.1 Å². The average molecular weight is 307 g/mol. The zero-order valence-corrected chi connectivity index (χ0v) is 11.0. The predicted molar refractivity (Wildman–Crippen MR) is 62.2 cm³/mol. The first kappa shape index (κ1) is 13.9. The molecule has 0 spiro atoms. The summed E-state index contributed by atoms with van der Waals surface area (Å²) in [5, 5.41) is 9.66. The van der Waals surface area contributed by atoms with Crippen molar-refractivity contribution in [2.75, 3.05) is 13.7 Å². The number of esters is 1. The Morgan fingerprint density at radius 1 is 1.59 bits per heavy atom. The molecule has 1 N–H and O–H groups in total. The third-order valence-corrected chi connectivity index (χ3v) is 2.52. The van der Waals surface area contributed by atoms with E-state index in [0.717, 1.165) is 7.11 Å². The maximum Gasteiger partial charge on any atom is 0.341 e. The first-order chi connectivity index (χ1) is 7.86. The van der Waals surface area contributed by atoms with Crippen LogP contribution >= 0.6 is 15.9 Å². The summed E-state index contributed by atoms with van der Waals surface area (Å²) in [6.45, 7) is 0.841. The molecule has 6 heteroatoms. The third-order valence-electron chi connectivity index (χ3n) is 2.03. The highest BCUT2D eigenvalue weighted by Gasteiger charge is 2.32. The third kappa shape index (κ3) is 3.67. The lowest BCUT2D eigenvalue weighted by Crippen LogP contribution is -2.42. The van der Waals surface area contributed by atoms with Gasteiger partial charge in [0.15, 0.2) is 17.2 Å². The second kappa shape index (κ2) is 5.46. The van der Waals surface area contributed by atoms with Gasteiger partial charge < -0.3 is 14.6 Å². The molecule has 0 heterocycles. The summed E-state index contributed by atoms with van der Waals surface area (Å²) in [5.41, 5.74) is -1.81. The summed E-state index contributed by atoms with van der Waals surface area (Å²) in [6, 6.07) is 4.21. The minimum atomic E-state index is -1.81. The highest BCUT2D eigenvalue weighted by Crippen LogP contribution is 2.22. The zero-order valence-electron chi connectivity index (χ0n) is 9.37. The molecule has 0 saturated heterocycles. The van der Waals surface area contributed by atoms with E-state index in [2.05, 4.69) is 20.7 Å². The molecule has 1 atom stereocenters. The van der Waals surface area contributed by atoms with Crippen molar-refractivity contribution in [3.63, 3.8) is 0 Å². The van der Waals surface area contributed by atoms with Gasteiger partial charge in [0.2, 0.25) is 0 Å². The van der Waals surface area contributed by atoms with E-state index in [4.69, 9.17) is 4.74 Å². The van der Waals surface area contributed by atoms with Crippen LogP contribution in [-0.4, -0.2) is 30.4 Å². The lowest BCUT2D eigenvalue weighted by atomic mass is 10.1. The van der Waals surface area contributed by atoms with E-state index in [0.29, 0.717) is 4.47 Å². The van der Waals surface area contributed by atoms with Crippen LogP contribution in [0.1, 0.15) is 6.92 Å². The van der Waals surface area contributed by atoms with Crippen LogP contribution in [-0.2, 0) is 9.53 Å². The van der Waals surface area contributed by atoms with Crippen molar-refractivity contribution in [1.29, 1.82) is 0 Å². The Morgan fingerprint density at radius 3 is 2.76 bits per heavy atom. The van der Waals surface area contributed by atoms with Crippen molar-refractivity contribution in [2.24, 2.45) is 0 Å². The molecule has 0 amide bonds. The summed E-state index contributed by atoms with van der Waals surface area (Å²) < 4.78 is 23.3. The van der Waals surface area contributed by atoms with Crippen molar-refractivity contribution in [3.05, 3.63) is 28.5 Å². The van der Waals surface area contributed by atoms with Crippen LogP contribution in [0.4, 0.5) is 4.39 Å². The molecule has 0 aliphatic heterocycles. The molecule has 0 fully saturated rings. The normalized spacial score (nSPS) is 13.9. The monoisotopic (exact) mass is 306 g/mol. The lowest BCUT2D eigenvalue weighted by Gasteiger charge is -2.20. The molecule has 1 rings (SSSR count). The summed E-state index contributed by atoms with van der Waals surface area (Å²) >= 11 is 3.10. The van der Waals surface area contributed by atoms with Crippen molar-refractivity contribution in [2.45, 2.75) is 12.5 Å². The van der Waals surface area contributed by atoms with Gasteiger partial charge in [-0.25, -0.2) is 9.18 Å². The highest BCUT2D eigenvalue weighted by molar-refractivity contribution is 9.10. The standard InChI is InChI=1S/C11H12BrFO4/c1-11(15,10(14)16-2)6-17-9-4-3-7(12)5-8(9)13/h3-5,15H,6H2,1-2H3. The van der Waals surface area contributed by atoms with Gasteiger partial charge in [-0.05, 0) is 25.1 Å². The zero-order chi connectivity index (χ0) is 13.1. The van der Waals surface area contributed by atoms with E-state index in [9.17, 15) is 14.3 Å². The maximum atomic E-state index is 13.4. The van der Waals surface area contributed by atoms with Gasteiger partial charge in [0, 0.05) is 4.47 Å². The number of ether oxygens (including phenoxy) is 2. The number of carbonyl (C=O) groups is 1. The largest absolute Gasteiger partial charge is 0.487 e. The van der Waals surface area contributed by atoms with Crippen molar-refractivity contribution in [3.8, 4) is 5.75 Å². The topological polar surface area (TPSA) is 55.8 Å². The van der Waals surface area contributed by atoms with Crippen LogP contribution in [0.2, 0.25) is 0 Å². The fourth-order valence-electron chi connectivity index (χ4n) is 1.09. The van der Waals surface area contributed by atoms with Crippen LogP contribution in [0, 0.1) is 5.82 Å². The van der Waals surface area contributed by atoms with Gasteiger partial charge in [-0.3, -0.25) is 0 Å². The molecule has 0 bridgehead atoms. The molecule has 1 aromatic rings. The van der Waals surface area contributed by atoms with E-state index in [-0.39, 0.29) is 5.75 Å². The van der Waals surface area contributed by atoms with Gasteiger partial charge in [0.1, 0.15) is 6.61 Å². The number of benzene rings is 1. The molecular weight excluding hydrogens is 295 g/mol. The first-order valence-corrected chi connectivity index (χ1v) is 5.55. The second-order valence-corrected chi connectivity index (χ2v) is 4.54. The van der Waals surface area contributed by atoms with Crippen LogP contribution in [0.5, 0.6) is 5.75 Å². The molecule has 1 aromatic carbocycles. The highest BCUT2D eigenvalue weighted by atomic mass is 79.9. The van der Waals surface area contributed by atoms with Gasteiger partial charge in [-0.1, -0.05) is 15.9 Å². The summed E-state index contributed by atoms with van der Waals surface area (Å²) in [5.74, 6) is -1.47. The molecule has 1 unspecified atom stereocenters. The number of hydrogen-bond donors (Lipinski definition) is 1. The van der Waals surface area contributed by atoms with Gasteiger partial charge >= 0.3 is 5.97 Å². The van der Waals surface area contributed by atoms with Crippen LogP contribution in [0.25, 0.3) is 0 Å².